The van der Waals surface area contributed by atoms with Crippen molar-refractivity contribution in [2.75, 3.05) is 13.2 Å². The Morgan fingerprint density at radius 1 is 1.39 bits per heavy atom. The molecule has 1 amide bonds. The number of amides is 1. The molecular formula is C11H17N3O4. The number of carbonyl (C=O) groups is 2. The number of carboxylic acids is 1. The number of hydrogen-bond acceptors (Lipinski definition) is 4. The summed E-state index contributed by atoms with van der Waals surface area (Å²) in [4.78, 5) is 21.6. The van der Waals surface area contributed by atoms with Crippen LogP contribution in [-0.2, 0) is 27.9 Å². The van der Waals surface area contributed by atoms with Crippen molar-refractivity contribution in [2.45, 2.75) is 20.4 Å². The third kappa shape index (κ3) is 3.85. The van der Waals surface area contributed by atoms with E-state index in [2.05, 4.69) is 15.2 Å². The summed E-state index contributed by atoms with van der Waals surface area (Å²) in [5.41, 5.74) is 2.81. The van der Waals surface area contributed by atoms with Gasteiger partial charge in [-0.2, -0.15) is 5.10 Å². The zero-order valence-electron chi connectivity index (χ0n) is 10.7. The van der Waals surface area contributed by atoms with E-state index in [1.54, 1.807) is 4.68 Å². The zero-order chi connectivity index (χ0) is 13.7. The molecule has 0 spiro atoms. The Hall–Kier alpha value is -1.89. The Morgan fingerprint density at radius 3 is 2.56 bits per heavy atom. The molecule has 0 saturated carbocycles. The first-order valence-electron chi connectivity index (χ1n) is 5.47. The van der Waals surface area contributed by atoms with Crippen molar-refractivity contribution in [2.24, 2.45) is 7.05 Å². The van der Waals surface area contributed by atoms with E-state index in [-0.39, 0.29) is 12.5 Å². The molecule has 0 radical (unpaired) electrons. The highest BCUT2D eigenvalue weighted by Gasteiger charge is 2.10. The summed E-state index contributed by atoms with van der Waals surface area (Å²) in [5, 5.41) is 15.2. The third-order valence-corrected chi connectivity index (χ3v) is 2.58. The number of aryl methyl sites for hydroxylation is 2. The fourth-order valence-corrected chi connectivity index (χ4v) is 1.54. The first-order chi connectivity index (χ1) is 8.41. The van der Waals surface area contributed by atoms with Gasteiger partial charge in [0.25, 0.3) is 0 Å². The van der Waals surface area contributed by atoms with Gasteiger partial charge in [0, 0.05) is 24.8 Å². The predicted molar refractivity (Wildman–Crippen MR) is 63.0 cm³/mol. The molecule has 0 aliphatic heterocycles. The van der Waals surface area contributed by atoms with Crippen molar-refractivity contribution in [3.05, 3.63) is 17.0 Å². The van der Waals surface area contributed by atoms with Crippen molar-refractivity contribution >= 4 is 11.9 Å². The minimum absolute atomic E-state index is 0.259. The molecule has 0 aliphatic rings. The zero-order valence-corrected chi connectivity index (χ0v) is 10.7. The molecule has 2 N–H and O–H groups in total. The van der Waals surface area contributed by atoms with Crippen molar-refractivity contribution in [3.8, 4) is 0 Å². The number of aliphatic carboxylic acids is 1. The fourth-order valence-electron chi connectivity index (χ4n) is 1.54. The van der Waals surface area contributed by atoms with Gasteiger partial charge in [-0.15, -0.1) is 0 Å². The van der Waals surface area contributed by atoms with Crippen LogP contribution in [-0.4, -0.2) is 40.0 Å². The lowest BCUT2D eigenvalue weighted by molar-refractivity contribution is -0.143. The van der Waals surface area contributed by atoms with E-state index < -0.39 is 12.6 Å². The molecule has 0 aromatic carbocycles. The Kier molecular flexibility index (Phi) is 4.85. The smallest absolute Gasteiger partial charge is 0.329 e. The number of ether oxygens (including phenoxy) is 1. The first-order valence-corrected chi connectivity index (χ1v) is 5.47. The molecule has 0 aliphatic carbocycles. The van der Waals surface area contributed by atoms with E-state index in [9.17, 15) is 9.59 Å². The highest BCUT2D eigenvalue weighted by Crippen LogP contribution is 2.10. The number of carbonyl (C=O) groups excluding carboxylic acids is 1. The number of nitrogens with zero attached hydrogens (tertiary/aromatic N) is 2. The summed E-state index contributed by atoms with van der Waals surface area (Å²) in [7, 11) is 1.84. The van der Waals surface area contributed by atoms with E-state index in [4.69, 9.17) is 5.11 Å². The molecule has 7 nitrogen and oxygen atoms in total. The summed E-state index contributed by atoms with van der Waals surface area (Å²) in [6.45, 7) is 3.42. The van der Waals surface area contributed by atoms with Gasteiger partial charge in [0.1, 0.15) is 13.2 Å². The molecule has 0 bridgehead atoms. The molecule has 1 heterocycles. The SMILES string of the molecule is Cc1nn(C)c(C)c1CNC(=O)COCC(=O)O. The van der Waals surface area contributed by atoms with E-state index >= 15 is 0 Å². The Balaban J connectivity index is 2.40. The topological polar surface area (TPSA) is 93.5 Å². The molecule has 1 aromatic heterocycles. The van der Waals surface area contributed by atoms with E-state index in [1.165, 1.54) is 0 Å². The summed E-state index contributed by atoms with van der Waals surface area (Å²) >= 11 is 0. The quantitative estimate of drug-likeness (QED) is 0.731. The molecule has 18 heavy (non-hydrogen) atoms. The number of hydrogen-bond donors (Lipinski definition) is 2. The number of rotatable bonds is 6. The molecule has 7 heteroatoms. The molecule has 0 fully saturated rings. The van der Waals surface area contributed by atoms with Crippen LogP contribution in [0.3, 0.4) is 0 Å². The van der Waals surface area contributed by atoms with Gasteiger partial charge >= 0.3 is 5.97 Å². The normalized spacial score (nSPS) is 10.4. The number of nitrogens with one attached hydrogen (secondary N) is 1. The largest absolute Gasteiger partial charge is 0.480 e. The van der Waals surface area contributed by atoms with Crippen LogP contribution in [0.4, 0.5) is 0 Å². The van der Waals surface area contributed by atoms with Crippen molar-refractivity contribution in [1.82, 2.24) is 15.1 Å². The highest BCUT2D eigenvalue weighted by atomic mass is 16.5. The van der Waals surface area contributed by atoms with Crippen LogP contribution in [0.5, 0.6) is 0 Å². The van der Waals surface area contributed by atoms with Gasteiger partial charge in [0.05, 0.1) is 5.69 Å². The molecule has 0 saturated heterocycles. The highest BCUT2D eigenvalue weighted by molar-refractivity contribution is 5.77. The molecule has 0 unspecified atom stereocenters. The monoisotopic (exact) mass is 255 g/mol. The van der Waals surface area contributed by atoms with Gasteiger partial charge in [-0.1, -0.05) is 0 Å². The third-order valence-electron chi connectivity index (χ3n) is 2.58. The maximum atomic E-state index is 11.4. The Bertz CT molecular complexity index is 453. The minimum Gasteiger partial charge on any atom is -0.480 e. The molecule has 1 rings (SSSR count). The lowest BCUT2D eigenvalue weighted by atomic mass is 10.2. The standard InChI is InChI=1S/C11H17N3O4/c1-7-9(8(2)14(3)13-7)4-12-10(15)5-18-6-11(16)17/h4-6H2,1-3H3,(H,12,15)(H,16,17). The summed E-state index contributed by atoms with van der Waals surface area (Å²) < 4.78 is 6.43. The molecular weight excluding hydrogens is 238 g/mol. The second kappa shape index (κ2) is 6.15. The second-order valence-corrected chi connectivity index (χ2v) is 3.94. The second-order valence-electron chi connectivity index (χ2n) is 3.94. The van der Waals surface area contributed by atoms with Gasteiger partial charge in [-0.3, -0.25) is 9.48 Å². The summed E-state index contributed by atoms with van der Waals surface area (Å²) in [6.07, 6.45) is 0. The van der Waals surface area contributed by atoms with Crippen LogP contribution >= 0.6 is 0 Å². The molecule has 1 aromatic rings. The van der Waals surface area contributed by atoms with Crippen LogP contribution in [0.15, 0.2) is 0 Å². The average molecular weight is 255 g/mol. The van der Waals surface area contributed by atoms with Crippen LogP contribution in [0.2, 0.25) is 0 Å². The van der Waals surface area contributed by atoms with Gasteiger partial charge in [-0.05, 0) is 13.8 Å². The van der Waals surface area contributed by atoms with Crippen molar-refractivity contribution in [1.29, 1.82) is 0 Å². The van der Waals surface area contributed by atoms with Crippen LogP contribution in [0, 0.1) is 13.8 Å². The molecule has 100 valence electrons. The fraction of sp³-hybridized carbons (Fsp3) is 0.545. The summed E-state index contributed by atoms with van der Waals surface area (Å²) in [5.74, 6) is -1.44. The van der Waals surface area contributed by atoms with Crippen LogP contribution in [0.25, 0.3) is 0 Å². The van der Waals surface area contributed by atoms with Gasteiger partial charge in [-0.25, -0.2) is 4.79 Å². The lowest BCUT2D eigenvalue weighted by Crippen LogP contribution is -2.28. The number of carboxylic acid groups (broad SMARTS) is 1. The molecule has 0 atom stereocenters. The summed E-state index contributed by atoms with van der Waals surface area (Å²) in [6, 6.07) is 0. The van der Waals surface area contributed by atoms with Crippen molar-refractivity contribution < 1.29 is 19.4 Å². The maximum absolute atomic E-state index is 11.4. The predicted octanol–water partition coefficient (Wildman–Crippen LogP) is -0.246. The average Bonchev–Trinajstić information content (AvgIpc) is 2.50. The van der Waals surface area contributed by atoms with E-state index in [1.807, 2.05) is 20.9 Å². The van der Waals surface area contributed by atoms with E-state index in [0.717, 1.165) is 17.0 Å². The van der Waals surface area contributed by atoms with Crippen molar-refractivity contribution in [3.63, 3.8) is 0 Å². The number of aromatic nitrogens is 2. The Labute approximate surface area is 105 Å². The Morgan fingerprint density at radius 2 is 2.06 bits per heavy atom. The first kappa shape index (κ1) is 14.2. The van der Waals surface area contributed by atoms with Crippen LogP contribution < -0.4 is 5.32 Å². The minimum atomic E-state index is -1.10. The van der Waals surface area contributed by atoms with Crippen LogP contribution in [0.1, 0.15) is 17.0 Å². The van der Waals surface area contributed by atoms with Gasteiger partial charge in [0.2, 0.25) is 5.91 Å². The van der Waals surface area contributed by atoms with E-state index in [0.29, 0.717) is 6.54 Å². The van der Waals surface area contributed by atoms with Gasteiger partial charge in [0.15, 0.2) is 0 Å². The maximum Gasteiger partial charge on any atom is 0.329 e. The van der Waals surface area contributed by atoms with Gasteiger partial charge < -0.3 is 15.2 Å². The lowest BCUT2D eigenvalue weighted by Gasteiger charge is -2.05.